The monoisotopic (exact) mass is 334 g/mol. The molecule has 0 aliphatic heterocycles. The largest absolute Gasteiger partial charge is 0.546 e. The van der Waals surface area contributed by atoms with E-state index in [9.17, 15) is 14.7 Å². The normalized spacial score (nSPS) is 10.0. The summed E-state index contributed by atoms with van der Waals surface area (Å²) >= 11 is 5.99. The number of ether oxygens (including phenoxy) is 2. The molecule has 0 unspecified atom stereocenters. The van der Waals surface area contributed by atoms with Crippen LogP contribution in [0.25, 0.3) is 0 Å². The Bertz CT molecular complexity index is 715. The fraction of sp³-hybridized carbons (Fsp3) is 0.125. The number of hydrogen-bond acceptors (Lipinski definition) is 5. The Balaban J connectivity index is 2.03. The van der Waals surface area contributed by atoms with Crippen molar-refractivity contribution in [2.45, 2.75) is 0 Å². The maximum atomic E-state index is 12.1. The molecule has 0 heterocycles. The van der Waals surface area contributed by atoms with E-state index in [1.165, 1.54) is 31.4 Å². The second-order valence-corrected chi connectivity index (χ2v) is 4.90. The highest BCUT2D eigenvalue weighted by Gasteiger charge is 2.08. The zero-order valence-corrected chi connectivity index (χ0v) is 12.9. The van der Waals surface area contributed by atoms with Crippen LogP contribution in [-0.4, -0.2) is 25.6 Å². The summed E-state index contributed by atoms with van der Waals surface area (Å²) in [5, 5.41) is 13.4. The first kappa shape index (κ1) is 16.6. The van der Waals surface area contributed by atoms with E-state index in [2.05, 4.69) is 5.32 Å². The van der Waals surface area contributed by atoms with Crippen LogP contribution >= 0.6 is 11.6 Å². The van der Waals surface area contributed by atoms with Gasteiger partial charge in [-0.05, 0) is 42.5 Å². The third kappa shape index (κ3) is 4.62. The summed E-state index contributed by atoms with van der Waals surface area (Å²) in [5.41, 5.74) is 0.913. The van der Waals surface area contributed by atoms with Crippen LogP contribution in [0.2, 0.25) is 5.02 Å². The Morgan fingerprint density at radius 2 is 1.87 bits per heavy atom. The molecule has 0 fully saturated rings. The molecule has 1 N–H and O–H groups in total. The lowest BCUT2D eigenvalue weighted by Crippen LogP contribution is -2.28. The molecule has 0 bridgehead atoms. The summed E-state index contributed by atoms with van der Waals surface area (Å²) in [6.07, 6.45) is 0. The minimum absolute atomic E-state index is 0.332. The van der Waals surface area contributed by atoms with Crippen LogP contribution in [0.4, 0.5) is 5.69 Å². The lowest BCUT2D eigenvalue weighted by Gasteiger charge is -2.09. The average molecular weight is 335 g/mol. The zero-order valence-electron chi connectivity index (χ0n) is 12.2. The molecule has 0 radical (unpaired) electrons. The fourth-order valence-electron chi connectivity index (χ4n) is 1.79. The smallest absolute Gasteiger partial charge is 0.255 e. The molecule has 0 saturated heterocycles. The summed E-state index contributed by atoms with van der Waals surface area (Å²) < 4.78 is 9.97. The Labute approximate surface area is 137 Å². The Morgan fingerprint density at radius 3 is 2.43 bits per heavy atom. The minimum Gasteiger partial charge on any atom is -0.546 e. The third-order valence-electron chi connectivity index (χ3n) is 2.88. The number of rotatable bonds is 6. The van der Waals surface area contributed by atoms with Gasteiger partial charge in [0.25, 0.3) is 5.91 Å². The predicted molar refractivity (Wildman–Crippen MR) is 82.9 cm³/mol. The third-order valence-corrected chi connectivity index (χ3v) is 3.18. The Morgan fingerprint density at radius 1 is 1.17 bits per heavy atom. The lowest BCUT2D eigenvalue weighted by molar-refractivity contribution is -0.307. The summed E-state index contributed by atoms with van der Waals surface area (Å²) in [6, 6.07) is 10.9. The summed E-state index contributed by atoms with van der Waals surface area (Å²) in [4.78, 5) is 22.4. The van der Waals surface area contributed by atoms with Crippen LogP contribution < -0.4 is 19.9 Å². The standard InChI is InChI=1S/C16H14ClNO5/c1-22-14-7-4-11(8-13(14)17)18-16(21)10-2-5-12(6-3-10)23-9-15(19)20/h2-8H,9H2,1H3,(H,18,21)(H,19,20)/p-1. The number of hydrogen-bond donors (Lipinski definition) is 1. The number of nitrogens with one attached hydrogen (secondary N) is 1. The molecule has 0 atom stereocenters. The van der Waals surface area contributed by atoms with Crippen molar-refractivity contribution in [3.8, 4) is 11.5 Å². The maximum Gasteiger partial charge on any atom is 0.255 e. The van der Waals surface area contributed by atoms with E-state index in [-0.39, 0.29) is 5.91 Å². The van der Waals surface area contributed by atoms with Gasteiger partial charge < -0.3 is 24.7 Å². The minimum atomic E-state index is -1.32. The molecular weight excluding hydrogens is 322 g/mol. The van der Waals surface area contributed by atoms with Crippen molar-refractivity contribution in [1.82, 2.24) is 0 Å². The second-order valence-electron chi connectivity index (χ2n) is 4.49. The number of halogens is 1. The quantitative estimate of drug-likeness (QED) is 0.869. The van der Waals surface area contributed by atoms with Crippen molar-refractivity contribution in [2.24, 2.45) is 0 Å². The number of amides is 1. The van der Waals surface area contributed by atoms with Gasteiger partial charge in [-0.25, -0.2) is 0 Å². The number of carboxylic acid groups (broad SMARTS) is 1. The molecule has 23 heavy (non-hydrogen) atoms. The van der Waals surface area contributed by atoms with Gasteiger partial charge in [0, 0.05) is 11.3 Å². The molecule has 7 heteroatoms. The highest BCUT2D eigenvalue weighted by molar-refractivity contribution is 6.32. The maximum absolute atomic E-state index is 12.1. The van der Waals surface area contributed by atoms with Gasteiger partial charge in [-0.15, -0.1) is 0 Å². The van der Waals surface area contributed by atoms with Crippen LogP contribution in [0.3, 0.4) is 0 Å². The Hall–Kier alpha value is -2.73. The van der Waals surface area contributed by atoms with Crippen molar-refractivity contribution in [1.29, 1.82) is 0 Å². The lowest BCUT2D eigenvalue weighted by atomic mass is 10.2. The van der Waals surface area contributed by atoms with Crippen LogP contribution in [0.15, 0.2) is 42.5 Å². The topological polar surface area (TPSA) is 87.7 Å². The van der Waals surface area contributed by atoms with Crippen LogP contribution in [0.1, 0.15) is 10.4 Å². The second kappa shape index (κ2) is 7.51. The molecule has 0 aliphatic rings. The van der Waals surface area contributed by atoms with Crippen molar-refractivity contribution < 1.29 is 24.2 Å². The molecule has 2 rings (SSSR count). The molecule has 0 spiro atoms. The van der Waals surface area contributed by atoms with Crippen LogP contribution in [0, 0.1) is 0 Å². The van der Waals surface area contributed by atoms with Crippen LogP contribution in [-0.2, 0) is 4.79 Å². The first-order valence-electron chi connectivity index (χ1n) is 6.57. The van der Waals surface area contributed by atoms with Gasteiger partial charge in [0.1, 0.15) is 18.1 Å². The number of anilines is 1. The number of carbonyl (C=O) groups is 2. The summed E-state index contributed by atoms with van der Waals surface area (Å²) in [6.45, 7) is -0.546. The van der Waals surface area contributed by atoms with Crippen molar-refractivity contribution in [2.75, 3.05) is 19.0 Å². The molecule has 1 amide bonds. The van der Waals surface area contributed by atoms with Gasteiger partial charge in [-0.1, -0.05) is 11.6 Å². The van der Waals surface area contributed by atoms with Gasteiger partial charge in [-0.3, -0.25) is 4.79 Å². The predicted octanol–water partition coefficient (Wildman–Crippen LogP) is 1.73. The van der Waals surface area contributed by atoms with Gasteiger partial charge in [0.2, 0.25) is 0 Å². The highest BCUT2D eigenvalue weighted by Crippen LogP contribution is 2.27. The van der Waals surface area contributed by atoms with Crippen LogP contribution in [0.5, 0.6) is 11.5 Å². The van der Waals surface area contributed by atoms with E-state index >= 15 is 0 Å². The SMILES string of the molecule is COc1ccc(NC(=O)c2ccc(OCC(=O)[O-])cc2)cc1Cl. The van der Waals surface area contributed by atoms with E-state index in [0.717, 1.165) is 0 Å². The van der Waals surface area contributed by atoms with Gasteiger partial charge in [0.15, 0.2) is 0 Å². The number of methoxy groups -OCH3 is 1. The van der Waals surface area contributed by atoms with Crippen molar-refractivity contribution in [3.05, 3.63) is 53.1 Å². The Kier molecular flexibility index (Phi) is 5.43. The first-order valence-corrected chi connectivity index (χ1v) is 6.95. The fourth-order valence-corrected chi connectivity index (χ4v) is 2.05. The van der Waals surface area contributed by atoms with Gasteiger partial charge >= 0.3 is 0 Å². The number of carboxylic acids is 1. The van der Waals surface area contributed by atoms with E-state index in [4.69, 9.17) is 21.1 Å². The van der Waals surface area contributed by atoms with E-state index in [1.807, 2.05) is 0 Å². The number of benzene rings is 2. The van der Waals surface area contributed by atoms with E-state index in [1.54, 1.807) is 18.2 Å². The van der Waals surface area contributed by atoms with Crippen molar-refractivity contribution in [3.63, 3.8) is 0 Å². The number of aliphatic carboxylic acids is 1. The molecule has 120 valence electrons. The van der Waals surface area contributed by atoms with E-state index in [0.29, 0.717) is 27.8 Å². The molecule has 2 aromatic carbocycles. The zero-order chi connectivity index (χ0) is 16.8. The molecule has 6 nitrogen and oxygen atoms in total. The summed E-state index contributed by atoms with van der Waals surface area (Å²) in [5.74, 6) is -0.807. The molecule has 0 aliphatic carbocycles. The first-order chi connectivity index (χ1) is 11.0. The highest BCUT2D eigenvalue weighted by atomic mass is 35.5. The molecule has 2 aromatic rings. The average Bonchev–Trinajstić information content (AvgIpc) is 2.53. The van der Waals surface area contributed by atoms with Crippen molar-refractivity contribution >= 4 is 29.2 Å². The molecule has 0 aromatic heterocycles. The molecule has 0 saturated carbocycles. The number of carbonyl (C=O) groups excluding carboxylic acids is 2. The molecular formula is C16H13ClNO5-. The van der Waals surface area contributed by atoms with E-state index < -0.39 is 12.6 Å². The summed E-state index contributed by atoms with van der Waals surface area (Å²) in [7, 11) is 1.50. The van der Waals surface area contributed by atoms with Gasteiger partial charge in [0.05, 0.1) is 18.1 Å². The van der Waals surface area contributed by atoms with Gasteiger partial charge in [-0.2, -0.15) is 0 Å².